The molecule has 0 amide bonds. The van der Waals surface area contributed by atoms with Crippen molar-refractivity contribution in [1.82, 2.24) is 5.32 Å². The zero-order chi connectivity index (χ0) is 13.1. The highest BCUT2D eigenvalue weighted by Crippen LogP contribution is 2.41. The largest absolute Gasteiger partial charge is 0.316 e. The van der Waals surface area contributed by atoms with Crippen LogP contribution in [0.15, 0.2) is 28.7 Å². The van der Waals surface area contributed by atoms with Crippen LogP contribution in [0.5, 0.6) is 0 Å². The monoisotopic (exact) mass is 321 g/mol. The van der Waals surface area contributed by atoms with Crippen LogP contribution in [-0.2, 0) is 0 Å². The highest BCUT2D eigenvalue weighted by atomic mass is 79.9. The first-order valence-corrected chi connectivity index (χ1v) is 8.60. The summed E-state index contributed by atoms with van der Waals surface area (Å²) in [4.78, 5) is 0. The molecule has 3 rings (SSSR count). The summed E-state index contributed by atoms with van der Waals surface area (Å²) in [7, 11) is 0. The van der Waals surface area contributed by atoms with E-state index >= 15 is 0 Å². The van der Waals surface area contributed by atoms with Crippen molar-refractivity contribution in [3.8, 4) is 0 Å². The number of rotatable bonds is 2. The maximum atomic E-state index is 3.61. The summed E-state index contributed by atoms with van der Waals surface area (Å²) in [6.07, 6.45) is 8.69. The van der Waals surface area contributed by atoms with Gasteiger partial charge in [-0.1, -0.05) is 60.2 Å². The quantitative estimate of drug-likeness (QED) is 0.830. The molecule has 2 aliphatic rings. The van der Waals surface area contributed by atoms with Crippen molar-refractivity contribution in [2.24, 2.45) is 11.8 Å². The Morgan fingerprint density at radius 3 is 2.42 bits per heavy atom. The second-order valence-corrected chi connectivity index (χ2v) is 7.13. The topological polar surface area (TPSA) is 12.0 Å². The molecule has 1 aliphatic carbocycles. The third-order valence-electron chi connectivity index (χ3n) is 5.09. The third-order valence-corrected chi connectivity index (χ3v) is 5.62. The molecule has 104 valence electrons. The second kappa shape index (κ2) is 6.41. The van der Waals surface area contributed by atoms with Crippen LogP contribution in [0.2, 0.25) is 0 Å². The van der Waals surface area contributed by atoms with Crippen molar-refractivity contribution in [3.63, 3.8) is 0 Å². The fourth-order valence-corrected chi connectivity index (χ4v) is 4.34. The number of hydrogen-bond acceptors (Lipinski definition) is 1. The average Bonchev–Trinajstić information content (AvgIpc) is 2.49. The van der Waals surface area contributed by atoms with Gasteiger partial charge in [0.1, 0.15) is 0 Å². The molecule has 1 nitrogen and oxygen atoms in total. The summed E-state index contributed by atoms with van der Waals surface area (Å²) >= 11 is 3.55. The number of halogens is 1. The summed E-state index contributed by atoms with van der Waals surface area (Å²) < 4.78 is 1.19. The van der Waals surface area contributed by atoms with E-state index in [1.54, 1.807) is 0 Å². The Morgan fingerprint density at radius 2 is 1.68 bits per heavy atom. The van der Waals surface area contributed by atoms with Gasteiger partial charge in [0.05, 0.1) is 0 Å². The SMILES string of the molecule is Brc1ccc(C2CNCCC2C2CCCCC2)cc1. The maximum Gasteiger partial charge on any atom is 0.0175 e. The molecule has 1 aromatic rings. The Bertz CT molecular complexity index is 394. The molecule has 1 aliphatic heterocycles. The highest BCUT2D eigenvalue weighted by molar-refractivity contribution is 9.10. The van der Waals surface area contributed by atoms with E-state index in [0.717, 1.165) is 17.8 Å². The second-order valence-electron chi connectivity index (χ2n) is 6.21. The Labute approximate surface area is 125 Å². The van der Waals surface area contributed by atoms with E-state index in [1.807, 2.05) is 0 Å². The Hall–Kier alpha value is -0.340. The molecule has 1 heterocycles. The van der Waals surface area contributed by atoms with Crippen LogP contribution >= 0.6 is 15.9 Å². The van der Waals surface area contributed by atoms with E-state index in [2.05, 4.69) is 45.5 Å². The Kier molecular flexibility index (Phi) is 4.60. The molecule has 2 heteroatoms. The predicted octanol–water partition coefficient (Wildman–Crippen LogP) is 4.72. The molecule has 0 bridgehead atoms. The lowest BCUT2D eigenvalue weighted by molar-refractivity contribution is 0.178. The summed E-state index contributed by atoms with van der Waals surface area (Å²) in [5, 5.41) is 3.61. The first-order valence-electron chi connectivity index (χ1n) is 7.81. The van der Waals surface area contributed by atoms with E-state index in [4.69, 9.17) is 0 Å². The minimum atomic E-state index is 0.727. The van der Waals surface area contributed by atoms with Gasteiger partial charge in [0.25, 0.3) is 0 Å². The van der Waals surface area contributed by atoms with Gasteiger partial charge in [-0.05, 0) is 48.4 Å². The molecule has 19 heavy (non-hydrogen) atoms. The van der Waals surface area contributed by atoms with Gasteiger partial charge in [0.15, 0.2) is 0 Å². The first kappa shape index (κ1) is 13.6. The van der Waals surface area contributed by atoms with E-state index in [9.17, 15) is 0 Å². The van der Waals surface area contributed by atoms with Crippen molar-refractivity contribution in [3.05, 3.63) is 34.3 Å². The zero-order valence-corrected chi connectivity index (χ0v) is 13.2. The minimum absolute atomic E-state index is 0.727. The molecule has 2 fully saturated rings. The van der Waals surface area contributed by atoms with E-state index < -0.39 is 0 Å². The van der Waals surface area contributed by atoms with Crippen LogP contribution in [-0.4, -0.2) is 13.1 Å². The van der Waals surface area contributed by atoms with Gasteiger partial charge >= 0.3 is 0 Å². The summed E-state index contributed by atoms with van der Waals surface area (Å²) in [5.41, 5.74) is 1.53. The van der Waals surface area contributed by atoms with Gasteiger partial charge in [0.2, 0.25) is 0 Å². The molecular formula is C17H24BrN. The lowest BCUT2D eigenvalue weighted by Gasteiger charge is -2.39. The zero-order valence-electron chi connectivity index (χ0n) is 11.6. The van der Waals surface area contributed by atoms with Crippen LogP contribution in [0, 0.1) is 11.8 Å². The van der Waals surface area contributed by atoms with Gasteiger partial charge in [0, 0.05) is 11.0 Å². The summed E-state index contributed by atoms with van der Waals surface area (Å²) in [6.45, 7) is 2.39. The number of piperidine rings is 1. The van der Waals surface area contributed by atoms with Gasteiger partial charge in [-0.25, -0.2) is 0 Å². The van der Waals surface area contributed by atoms with Crippen LogP contribution in [0.1, 0.15) is 50.0 Å². The van der Waals surface area contributed by atoms with Crippen LogP contribution in [0.25, 0.3) is 0 Å². The van der Waals surface area contributed by atoms with Crippen LogP contribution in [0.4, 0.5) is 0 Å². The molecule has 1 saturated carbocycles. The molecule has 0 radical (unpaired) electrons. The normalized spacial score (nSPS) is 29.3. The number of nitrogens with one attached hydrogen (secondary N) is 1. The maximum absolute atomic E-state index is 3.61. The Morgan fingerprint density at radius 1 is 0.947 bits per heavy atom. The predicted molar refractivity (Wildman–Crippen MR) is 84.4 cm³/mol. The Balaban J connectivity index is 1.78. The van der Waals surface area contributed by atoms with Gasteiger partial charge in [-0.3, -0.25) is 0 Å². The van der Waals surface area contributed by atoms with E-state index in [1.165, 1.54) is 61.7 Å². The van der Waals surface area contributed by atoms with Crippen molar-refractivity contribution in [1.29, 1.82) is 0 Å². The summed E-state index contributed by atoms with van der Waals surface area (Å²) in [5.74, 6) is 2.61. The lowest BCUT2D eigenvalue weighted by atomic mass is 9.69. The molecule has 1 saturated heterocycles. The smallest absolute Gasteiger partial charge is 0.0175 e. The van der Waals surface area contributed by atoms with Crippen LogP contribution < -0.4 is 5.32 Å². The minimum Gasteiger partial charge on any atom is -0.316 e. The highest BCUT2D eigenvalue weighted by Gasteiger charge is 2.33. The van der Waals surface area contributed by atoms with Gasteiger partial charge in [-0.2, -0.15) is 0 Å². The van der Waals surface area contributed by atoms with Crippen molar-refractivity contribution in [2.75, 3.05) is 13.1 Å². The first-order chi connectivity index (χ1) is 9.34. The average molecular weight is 322 g/mol. The molecule has 2 atom stereocenters. The molecule has 1 N–H and O–H groups in total. The fourth-order valence-electron chi connectivity index (χ4n) is 4.08. The molecule has 0 spiro atoms. The fraction of sp³-hybridized carbons (Fsp3) is 0.647. The van der Waals surface area contributed by atoms with E-state index in [-0.39, 0.29) is 0 Å². The molecule has 1 aromatic carbocycles. The van der Waals surface area contributed by atoms with Crippen molar-refractivity contribution in [2.45, 2.75) is 44.4 Å². The molecule has 0 aromatic heterocycles. The standard InChI is InChI=1S/C17H24BrN/c18-15-8-6-14(7-9-15)17-12-19-11-10-16(17)13-4-2-1-3-5-13/h6-9,13,16-17,19H,1-5,10-12H2. The third kappa shape index (κ3) is 3.22. The van der Waals surface area contributed by atoms with E-state index in [0.29, 0.717) is 0 Å². The lowest BCUT2D eigenvalue weighted by Crippen LogP contribution is -2.39. The van der Waals surface area contributed by atoms with Gasteiger partial charge < -0.3 is 5.32 Å². The van der Waals surface area contributed by atoms with Crippen molar-refractivity contribution < 1.29 is 0 Å². The number of benzene rings is 1. The van der Waals surface area contributed by atoms with Crippen LogP contribution in [0.3, 0.4) is 0 Å². The van der Waals surface area contributed by atoms with Crippen molar-refractivity contribution >= 4 is 15.9 Å². The van der Waals surface area contributed by atoms with Gasteiger partial charge in [-0.15, -0.1) is 0 Å². The number of hydrogen-bond donors (Lipinski definition) is 1. The molecule has 2 unspecified atom stereocenters. The molecular weight excluding hydrogens is 298 g/mol. The summed E-state index contributed by atoms with van der Waals surface area (Å²) in [6, 6.07) is 9.03.